The molecule has 10 rings (SSSR count). The molecule has 10 aliphatic rings. The molecule has 1 aliphatic heterocycles. The first-order valence-electron chi connectivity index (χ1n) is 24.5. The third kappa shape index (κ3) is 7.93. The third-order valence-corrected chi connectivity index (χ3v) is 17.2. The van der Waals surface area contributed by atoms with Crippen LogP contribution in [-0.2, 0) is 0 Å². The Kier molecular flexibility index (Phi) is 11.7. The second-order valence-electron chi connectivity index (χ2n) is 20.4. The lowest BCUT2D eigenvalue weighted by Gasteiger charge is -2.45. The number of hydrogen-bond donors (Lipinski definition) is 1. The number of nitrogens with one attached hydrogen (secondary N) is 1. The number of hydrogen-bond acceptors (Lipinski definition) is 2. The summed E-state index contributed by atoms with van der Waals surface area (Å²) >= 11 is 0. The third-order valence-electron chi connectivity index (χ3n) is 17.2. The average Bonchev–Trinajstić information content (AvgIpc) is 3.61. The van der Waals surface area contributed by atoms with Crippen molar-refractivity contribution in [3.05, 3.63) is 107 Å². The molecule has 3 fully saturated rings. The van der Waals surface area contributed by atoms with Crippen LogP contribution in [0.3, 0.4) is 0 Å². The first-order valence-corrected chi connectivity index (χ1v) is 24.5. The summed E-state index contributed by atoms with van der Waals surface area (Å²) in [5.41, 5.74) is 8.53. The zero-order valence-electron chi connectivity index (χ0n) is 34.9. The molecule has 11 atom stereocenters. The summed E-state index contributed by atoms with van der Waals surface area (Å²) in [7, 11) is 0. The lowest BCUT2D eigenvalue weighted by Crippen LogP contribution is -2.48. The van der Waals surface area contributed by atoms with Gasteiger partial charge < -0.3 is 10.2 Å². The minimum absolute atomic E-state index is 0.446. The van der Waals surface area contributed by atoms with Crippen LogP contribution in [-0.4, -0.2) is 23.0 Å². The van der Waals surface area contributed by atoms with Crippen LogP contribution < -0.4 is 5.32 Å². The van der Waals surface area contributed by atoms with Gasteiger partial charge in [0.05, 0.1) is 0 Å². The highest BCUT2D eigenvalue weighted by Gasteiger charge is 2.46. The molecule has 0 saturated heterocycles. The fraction of sp³-hybridized carbons (Fsp3) is 0.667. The van der Waals surface area contributed by atoms with Crippen molar-refractivity contribution in [2.24, 2.45) is 53.3 Å². The smallest absolute Gasteiger partial charge is 0.0410 e. The molecular weight excluding hydrogens is 677 g/mol. The normalized spacial score (nSPS) is 40.2. The summed E-state index contributed by atoms with van der Waals surface area (Å²) in [4.78, 5) is 2.92. The zero-order valence-corrected chi connectivity index (χ0v) is 34.9. The molecule has 0 aromatic rings. The number of rotatable bonds is 8. The fourth-order valence-electron chi connectivity index (χ4n) is 14.4. The summed E-state index contributed by atoms with van der Waals surface area (Å²) in [5.74, 6) is 6.82. The Bertz CT molecular complexity index is 1690. The van der Waals surface area contributed by atoms with Crippen LogP contribution in [0.25, 0.3) is 0 Å². The van der Waals surface area contributed by atoms with Gasteiger partial charge in [0.2, 0.25) is 0 Å². The van der Waals surface area contributed by atoms with E-state index in [0.717, 1.165) is 29.6 Å². The molecule has 11 unspecified atom stereocenters. The summed E-state index contributed by atoms with van der Waals surface area (Å²) in [6, 6.07) is 1.75. The van der Waals surface area contributed by atoms with Crippen molar-refractivity contribution in [3.8, 4) is 0 Å². The highest BCUT2D eigenvalue weighted by molar-refractivity contribution is 5.40. The molecule has 56 heavy (non-hydrogen) atoms. The van der Waals surface area contributed by atoms with Gasteiger partial charge in [-0.05, 0) is 175 Å². The van der Waals surface area contributed by atoms with Gasteiger partial charge >= 0.3 is 0 Å². The van der Waals surface area contributed by atoms with Crippen molar-refractivity contribution in [3.63, 3.8) is 0 Å². The quantitative estimate of drug-likeness (QED) is 0.249. The van der Waals surface area contributed by atoms with Gasteiger partial charge in [-0.3, -0.25) is 0 Å². The van der Waals surface area contributed by atoms with E-state index < -0.39 is 0 Å². The van der Waals surface area contributed by atoms with Crippen molar-refractivity contribution in [1.82, 2.24) is 10.2 Å². The van der Waals surface area contributed by atoms with Gasteiger partial charge in [0.15, 0.2) is 0 Å². The monoisotopic (exact) mass is 751 g/mol. The van der Waals surface area contributed by atoms with Crippen LogP contribution >= 0.6 is 0 Å². The van der Waals surface area contributed by atoms with Crippen molar-refractivity contribution in [1.29, 1.82) is 0 Å². The van der Waals surface area contributed by atoms with E-state index in [1.807, 2.05) is 5.57 Å². The topological polar surface area (TPSA) is 15.3 Å². The molecule has 9 aliphatic carbocycles. The molecule has 0 bridgehead atoms. The van der Waals surface area contributed by atoms with E-state index in [4.69, 9.17) is 0 Å². The van der Waals surface area contributed by atoms with Gasteiger partial charge in [-0.2, -0.15) is 0 Å². The molecule has 3 saturated carbocycles. The van der Waals surface area contributed by atoms with Gasteiger partial charge in [-0.1, -0.05) is 111 Å². The van der Waals surface area contributed by atoms with E-state index in [2.05, 4.69) is 89.2 Å². The molecule has 0 aromatic heterocycles. The van der Waals surface area contributed by atoms with Gasteiger partial charge in [-0.15, -0.1) is 0 Å². The Morgan fingerprint density at radius 2 is 1.50 bits per heavy atom. The van der Waals surface area contributed by atoms with Crippen molar-refractivity contribution in [2.45, 2.75) is 172 Å². The van der Waals surface area contributed by atoms with Gasteiger partial charge in [-0.25, -0.2) is 0 Å². The predicted octanol–water partition coefficient (Wildman–Crippen LogP) is 13.8. The van der Waals surface area contributed by atoms with Crippen molar-refractivity contribution >= 4 is 0 Å². The summed E-state index contributed by atoms with van der Waals surface area (Å²) in [5, 5.41) is 4.42. The van der Waals surface area contributed by atoms with Gasteiger partial charge in [0.25, 0.3) is 0 Å². The van der Waals surface area contributed by atoms with Gasteiger partial charge in [0.1, 0.15) is 0 Å². The van der Waals surface area contributed by atoms with Crippen LogP contribution in [0.2, 0.25) is 0 Å². The van der Waals surface area contributed by atoms with Gasteiger partial charge in [0, 0.05) is 47.3 Å². The lowest BCUT2D eigenvalue weighted by atomic mass is 9.65. The lowest BCUT2D eigenvalue weighted by molar-refractivity contribution is 0.105. The van der Waals surface area contributed by atoms with E-state index in [0.29, 0.717) is 41.8 Å². The Morgan fingerprint density at radius 1 is 0.607 bits per heavy atom. The number of allylic oxidation sites excluding steroid dienone is 14. The molecule has 2 nitrogen and oxygen atoms in total. The SMILES string of the molecule is C1=CC(NC2CC(C3C=CCCC3)CC(C3CCCCC3)C2)C(C2C=C(C3CCC4C5=C(CCCC5)N(C5=CCC(C6=CCCCC6)C=C5)C4C3)C=CC2)C=C1. The number of nitrogens with zero attached hydrogens (tertiary/aromatic N) is 1. The minimum Gasteiger partial charge on any atom is -0.342 e. The maximum Gasteiger partial charge on any atom is 0.0410 e. The first-order chi connectivity index (χ1) is 27.7. The van der Waals surface area contributed by atoms with E-state index in [9.17, 15) is 0 Å². The standard InChI is InChI=1S/C54H74N2/c1-4-15-38(16-5-1)41-27-30-48(31-28-41)56-53-26-13-11-24-50(53)51-32-29-43(37-54(51)56)42-21-14-22-44(33-42)49-23-10-12-25-52(49)55-47-35-45(39-17-6-2-7-18-39)34-46(36-47)40-19-8-3-9-20-40/h6,10,12,14-15,17,21,23,25,27,30-31,33,39-41,43-47,49,51-52,54-55H,1-5,7-9,11,13,16,18-20,22,24,26,28-29,32,34-37H2. The van der Waals surface area contributed by atoms with E-state index >= 15 is 0 Å². The molecular formula is C54H74N2. The van der Waals surface area contributed by atoms with Crippen LogP contribution in [0.1, 0.15) is 154 Å². The van der Waals surface area contributed by atoms with Crippen LogP contribution in [0.4, 0.5) is 0 Å². The molecule has 1 N–H and O–H groups in total. The van der Waals surface area contributed by atoms with Crippen LogP contribution in [0, 0.1) is 53.3 Å². The first kappa shape index (κ1) is 37.7. The van der Waals surface area contributed by atoms with Crippen LogP contribution in [0.5, 0.6) is 0 Å². The summed E-state index contributed by atoms with van der Waals surface area (Å²) < 4.78 is 0. The molecule has 0 aromatic carbocycles. The predicted molar refractivity (Wildman–Crippen MR) is 236 cm³/mol. The maximum absolute atomic E-state index is 4.42. The van der Waals surface area contributed by atoms with Crippen molar-refractivity contribution in [2.75, 3.05) is 0 Å². The van der Waals surface area contributed by atoms with Crippen LogP contribution in [0.15, 0.2) is 107 Å². The molecule has 0 amide bonds. The fourth-order valence-corrected chi connectivity index (χ4v) is 14.4. The second-order valence-corrected chi connectivity index (χ2v) is 20.4. The molecule has 2 heteroatoms. The highest BCUT2D eigenvalue weighted by atomic mass is 15.2. The van der Waals surface area contributed by atoms with E-state index in [-0.39, 0.29) is 0 Å². The Morgan fingerprint density at radius 3 is 2.36 bits per heavy atom. The average molecular weight is 751 g/mol. The maximum atomic E-state index is 4.42. The molecule has 300 valence electrons. The number of fused-ring (bicyclic) bond motifs is 2. The Labute approximate surface area is 341 Å². The van der Waals surface area contributed by atoms with E-state index in [1.54, 1.807) is 16.8 Å². The second kappa shape index (κ2) is 17.3. The van der Waals surface area contributed by atoms with E-state index in [1.165, 1.54) is 160 Å². The highest BCUT2D eigenvalue weighted by Crippen LogP contribution is 2.53. The van der Waals surface area contributed by atoms with Crippen molar-refractivity contribution < 1.29 is 0 Å². The minimum atomic E-state index is 0.446. The molecule has 0 spiro atoms. The largest absolute Gasteiger partial charge is 0.342 e. The summed E-state index contributed by atoms with van der Waals surface area (Å²) in [6.07, 6.45) is 66.4. The Balaban J connectivity index is 0.841. The molecule has 1 heterocycles. The summed E-state index contributed by atoms with van der Waals surface area (Å²) in [6.45, 7) is 0. The zero-order chi connectivity index (χ0) is 37.3. The molecule has 0 radical (unpaired) electrons. The Hall–Kier alpha value is -2.58.